The largest absolute Gasteiger partial charge is 0.496 e. The SMILES string of the molecule is COc1ccc(CCCN(C)C)cc1COc1cccc(C(F)(F)F)c1. The summed E-state index contributed by atoms with van der Waals surface area (Å²) < 4.78 is 49.3. The minimum Gasteiger partial charge on any atom is -0.496 e. The van der Waals surface area contributed by atoms with Crippen molar-refractivity contribution in [3.05, 3.63) is 59.2 Å². The van der Waals surface area contributed by atoms with Crippen LogP contribution in [0.3, 0.4) is 0 Å². The molecule has 142 valence electrons. The molecule has 0 saturated carbocycles. The number of hydrogen-bond donors (Lipinski definition) is 0. The predicted octanol–water partition coefficient (Wildman–Crippen LogP) is 4.79. The monoisotopic (exact) mass is 367 g/mol. The molecule has 6 heteroatoms. The van der Waals surface area contributed by atoms with Crippen molar-refractivity contribution in [3.63, 3.8) is 0 Å². The topological polar surface area (TPSA) is 21.7 Å². The molecular formula is C20H24F3NO2. The van der Waals surface area contributed by atoms with E-state index in [9.17, 15) is 13.2 Å². The highest BCUT2D eigenvalue weighted by molar-refractivity contribution is 5.38. The first kappa shape index (κ1) is 20.1. The van der Waals surface area contributed by atoms with Crippen LogP contribution in [0, 0.1) is 0 Å². The number of alkyl halides is 3. The van der Waals surface area contributed by atoms with Gasteiger partial charge >= 0.3 is 6.18 Å². The molecular weight excluding hydrogens is 343 g/mol. The fraction of sp³-hybridized carbons (Fsp3) is 0.400. The number of methoxy groups -OCH3 is 1. The molecule has 0 bridgehead atoms. The van der Waals surface area contributed by atoms with E-state index in [0.717, 1.165) is 42.6 Å². The number of rotatable bonds is 8. The van der Waals surface area contributed by atoms with Gasteiger partial charge < -0.3 is 14.4 Å². The lowest BCUT2D eigenvalue weighted by atomic mass is 10.1. The zero-order valence-electron chi connectivity index (χ0n) is 15.3. The Kier molecular flexibility index (Phi) is 6.91. The van der Waals surface area contributed by atoms with Crippen LogP contribution >= 0.6 is 0 Å². The van der Waals surface area contributed by atoms with E-state index in [1.807, 2.05) is 32.3 Å². The summed E-state index contributed by atoms with van der Waals surface area (Å²) in [7, 11) is 5.62. The summed E-state index contributed by atoms with van der Waals surface area (Å²) in [4.78, 5) is 2.13. The Bertz CT molecular complexity index is 714. The molecule has 2 aromatic carbocycles. The van der Waals surface area contributed by atoms with Crippen molar-refractivity contribution in [2.24, 2.45) is 0 Å². The minimum atomic E-state index is -4.39. The van der Waals surface area contributed by atoms with Crippen LogP contribution in [-0.2, 0) is 19.2 Å². The average Bonchev–Trinajstić information content (AvgIpc) is 2.59. The third-order valence-corrected chi connectivity index (χ3v) is 3.97. The molecule has 0 amide bonds. The van der Waals surface area contributed by atoms with Crippen LogP contribution < -0.4 is 9.47 Å². The summed E-state index contributed by atoms with van der Waals surface area (Å²) in [6.07, 6.45) is -2.45. The average molecular weight is 367 g/mol. The van der Waals surface area contributed by atoms with Crippen LogP contribution in [0.4, 0.5) is 13.2 Å². The second-order valence-corrected chi connectivity index (χ2v) is 6.37. The van der Waals surface area contributed by atoms with Crippen LogP contribution in [0.5, 0.6) is 11.5 Å². The van der Waals surface area contributed by atoms with E-state index in [-0.39, 0.29) is 12.4 Å². The summed E-state index contributed by atoms with van der Waals surface area (Å²) in [5, 5.41) is 0. The summed E-state index contributed by atoms with van der Waals surface area (Å²) >= 11 is 0. The lowest BCUT2D eigenvalue weighted by Crippen LogP contribution is -2.13. The van der Waals surface area contributed by atoms with Gasteiger partial charge in [-0.2, -0.15) is 13.2 Å². The molecule has 0 spiro atoms. The van der Waals surface area contributed by atoms with E-state index in [1.54, 1.807) is 7.11 Å². The van der Waals surface area contributed by atoms with E-state index in [0.29, 0.717) is 5.75 Å². The molecule has 2 aromatic rings. The highest BCUT2D eigenvalue weighted by Gasteiger charge is 2.30. The Morgan fingerprint density at radius 3 is 2.46 bits per heavy atom. The maximum absolute atomic E-state index is 12.8. The van der Waals surface area contributed by atoms with Crippen LogP contribution in [0.2, 0.25) is 0 Å². The maximum Gasteiger partial charge on any atom is 0.416 e. The van der Waals surface area contributed by atoms with Crippen molar-refractivity contribution in [2.45, 2.75) is 25.6 Å². The maximum atomic E-state index is 12.8. The second kappa shape index (κ2) is 8.94. The van der Waals surface area contributed by atoms with Crippen molar-refractivity contribution in [1.82, 2.24) is 4.90 Å². The highest BCUT2D eigenvalue weighted by atomic mass is 19.4. The van der Waals surface area contributed by atoms with E-state index < -0.39 is 11.7 Å². The Labute approximate surface area is 152 Å². The van der Waals surface area contributed by atoms with Gasteiger partial charge in [0.15, 0.2) is 0 Å². The molecule has 0 aromatic heterocycles. The van der Waals surface area contributed by atoms with Gasteiger partial charge in [0.25, 0.3) is 0 Å². The van der Waals surface area contributed by atoms with Crippen molar-refractivity contribution in [2.75, 3.05) is 27.7 Å². The normalized spacial score (nSPS) is 11.7. The van der Waals surface area contributed by atoms with Crippen molar-refractivity contribution in [1.29, 1.82) is 0 Å². The molecule has 0 aliphatic rings. The number of halogens is 3. The third kappa shape index (κ3) is 5.95. The number of nitrogens with zero attached hydrogens (tertiary/aromatic N) is 1. The third-order valence-electron chi connectivity index (χ3n) is 3.97. The fourth-order valence-electron chi connectivity index (χ4n) is 2.62. The Morgan fingerprint density at radius 2 is 1.81 bits per heavy atom. The lowest BCUT2D eigenvalue weighted by Gasteiger charge is -2.14. The molecule has 0 unspecified atom stereocenters. The Morgan fingerprint density at radius 1 is 1.04 bits per heavy atom. The lowest BCUT2D eigenvalue weighted by molar-refractivity contribution is -0.137. The van der Waals surface area contributed by atoms with Crippen molar-refractivity contribution in [3.8, 4) is 11.5 Å². The first-order valence-corrected chi connectivity index (χ1v) is 8.40. The molecule has 0 fully saturated rings. The van der Waals surface area contributed by atoms with Gasteiger partial charge in [0, 0.05) is 5.56 Å². The molecule has 0 radical (unpaired) electrons. The van der Waals surface area contributed by atoms with E-state index in [2.05, 4.69) is 4.90 Å². The van der Waals surface area contributed by atoms with Gasteiger partial charge in [-0.1, -0.05) is 12.1 Å². The Hall–Kier alpha value is -2.21. The number of hydrogen-bond acceptors (Lipinski definition) is 3. The molecule has 0 saturated heterocycles. The smallest absolute Gasteiger partial charge is 0.416 e. The summed E-state index contributed by atoms with van der Waals surface area (Å²) in [6.45, 7) is 1.13. The number of aryl methyl sites for hydroxylation is 1. The van der Waals surface area contributed by atoms with Gasteiger partial charge in [0.1, 0.15) is 18.1 Å². The van der Waals surface area contributed by atoms with E-state index >= 15 is 0 Å². The molecule has 0 N–H and O–H groups in total. The Balaban J connectivity index is 2.08. The van der Waals surface area contributed by atoms with Crippen molar-refractivity contribution >= 4 is 0 Å². The van der Waals surface area contributed by atoms with Gasteiger partial charge in [-0.25, -0.2) is 0 Å². The van der Waals surface area contributed by atoms with Gasteiger partial charge in [-0.05, 0) is 69.4 Å². The quantitative estimate of drug-likeness (QED) is 0.670. The number of ether oxygens (including phenoxy) is 2. The zero-order valence-corrected chi connectivity index (χ0v) is 15.3. The van der Waals surface area contributed by atoms with Gasteiger partial charge in [0.05, 0.1) is 12.7 Å². The standard InChI is InChI=1S/C20H24F3NO2/c1-24(2)11-5-6-15-9-10-19(25-3)16(12-15)14-26-18-8-4-7-17(13-18)20(21,22)23/h4,7-10,12-13H,5-6,11,14H2,1-3H3. The molecule has 0 heterocycles. The molecule has 2 rings (SSSR count). The summed E-state index contributed by atoms with van der Waals surface area (Å²) in [5.41, 5.74) is 1.24. The van der Waals surface area contributed by atoms with E-state index in [4.69, 9.17) is 9.47 Å². The van der Waals surface area contributed by atoms with Crippen LogP contribution in [-0.4, -0.2) is 32.6 Å². The first-order valence-electron chi connectivity index (χ1n) is 8.40. The molecule has 26 heavy (non-hydrogen) atoms. The molecule has 3 nitrogen and oxygen atoms in total. The van der Waals surface area contributed by atoms with E-state index in [1.165, 1.54) is 12.1 Å². The first-order chi connectivity index (χ1) is 12.3. The molecule has 0 aliphatic carbocycles. The second-order valence-electron chi connectivity index (χ2n) is 6.37. The molecule has 0 atom stereocenters. The van der Waals surface area contributed by atoms with Gasteiger partial charge in [0.2, 0.25) is 0 Å². The minimum absolute atomic E-state index is 0.145. The fourth-order valence-corrected chi connectivity index (χ4v) is 2.62. The van der Waals surface area contributed by atoms with Crippen LogP contribution in [0.15, 0.2) is 42.5 Å². The predicted molar refractivity (Wildman–Crippen MR) is 95.6 cm³/mol. The van der Waals surface area contributed by atoms with Gasteiger partial charge in [-0.15, -0.1) is 0 Å². The summed E-state index contributed by atoms with van der Waals surface area (Å²) in [6, 6.07) is 10.8. The molecule has 0 aliphatic heterocycles. The highest BCUT2D eigenvalue weighted by Crippen LogP contribution is 2.32. The van der Waals surface area contributed by atoms with Gasteiger partial charge in [-0.3, -0.25) is 0 Å². The van der Waals surface area contributed by atoms with Crippen molar-refractivity contribution < 1.29 is 22.6 Å². The zero-order chi connectivity index (χ0) is 19.2. The number of benzene rings is 2. The van der Waals surface area contributed by atoms with Crippen LogP contribution in [0.1, 0.15) is 23.1 Å². The summed E-state index contributed by atoms with van der Waals surface area (Å²) in [5.74, 6) is 0.841. The van der Waals surface area contributed by atoms with Crippen LogP contribution in [0.25, 0.3) is 0 Å².